The zero-order valence-electron chi connectivity index (χ0n) is 21.7. The number of anilines is 2. The Kier molecular flexibility index (Phi) is 8.43. The first kappa shape index (κ1) is 26.9. The van der Waals surface area contributed by atoms with Gasteiger partial charge in [-0.2, -0.15) is 0 Å². The van der Waals surface area contributed by atoms with E-state index in [0.717, 1.165) is 25.9 Å². The molecule has 1 aliphatic rings. The molecule has 2 amide bonds. The maximum atomic E-state index is 12.6. The van der Waals surface area contributed by atoms with Crippen LogP contribution in [0.2, 0.25) is 0 Å². The number of ether oxygens (including phenoxy) is 1. The first-order chi connectivity index (χ1) is 18.3. The molecule has 3 aromatic carbocycles. The minimum absolute atomic E-state index is 0.0375. The van der Waals surface area contributed by atoms with Crippen LogP contribution in [0.25, 0.3) is 0 Å². The standard InChI is InChI=1S/C30H33N3O5/c1-3-30(17-4-5-18-33(2)20-30)23-7-6-8-26(19-23)38-29(37)32-25-13-9-21(10-14-25)27(34)31-24-15-11-22(12-16-24)28(35)36/h6-16,19H,3-5,17-18,20H2,1-2H3,(H,31,34)(H,32,37)(H,35,36). The number of carboxylic acids is 1. The van der Waals surface area contributed by atoms with E-state index in [4.69, 9.17) is 9.84 Å². The molecule has 3 aromatic rings. The van der Waals surface area contributed by atoms with Crippen LogP contribution in [0.5, 0.6) is 5.75 Å². The van der Waals surface area contributed by atoms with Crippen molar-refractivity contribution in [2.75, 3.05) is 30.8 Å². The number of carbonyl (C=O) groups is 3. The number of carbonyl (C=O) groups excluding carboxylic acids is 2. The lowest BCUT2D eigenvalue weighted by Crippen LogP contribution is -2.37. The third kappa shape index (κ3) is 6.58. The molecule has 3 N–H and O–H groups in total. The second-order valence-corrected chi connectivity index (χ2v) is 9.79. The molecule has 0 aliphatic carbocycles. The second-order valence-electron chi connectivity index (χ2n) is 9.79. The lowest BCUT2D eigenvalue weighted by atomic mass is 9.74. The Bertz CT molecular complexity index is 1290. The average Bonchev–Trinajstić information content (AvgIpc) is 3.11. The normalized spacial score (nSPS) is 17.7. The highest BCUT2D eigenvalue weighted by Gasteiger charge is 2.33. The van der Waals surface area contributed by atoms with Gasteiger partial charge in [0.2, 0.25) is 0 Å². The molecule has 38 heavy (non-hydrogen) atoms. The first-order valence-electron chi connectivity index (χ1n) is 12.8. The van der Waals surface area contributed by atoms with E-state index in [9.17, 15) is 14.4 Å². The maximum Gasteiger partial charge on any atom is 0.417 e. The van der Waals surface area contributed by atoms with Gasteiger partial charge >= 0.3 is 12.1 Å². The summed E-state index contributed by atoms with van der Waals surface area (Å²) in [5, 5.41) is 14.4. The first-order valence-corrected chi connectivity index (χ1v) is 12.8. The minimum atomic E-state index is -1.03. The highest BCUT2D eigenvalue weighted by Crippen LogP contribution is 2.37. The van der Waals surface area contributed by atoms with Crippen molar-refractivity contribution in [3.8, 4) is 5.75 Å². The third-order valence-electron chi connectivity index (χ3n) is 7.13. The van der Waals surface area contributed by atoms with Crippen LogP contribution >= 0.6 is 0 Å². The quantitative estimate of drug-likeness (QED) is 0.356. The van der Waals surface area contributed by atoms with Gasteiger partial charge in [0.1, 0.15) is 5.75 Å². The monoisotopic (exact) mass is 515 g/mol. The van der Waals surface area contributed by atoms with E-state index < -0.39 is 12.1 Å². The molecule has 8 heteroatoms. The van der Waals surface area contributed by atoms with Crippen LogP contribution in [0.15, 0.2) is 72.8 Å². The van der Waals surface area contributed by atoms with E-state index >= 15 is 0 Å². The summed E-state index contributed by atoms with van der Waals surface area (Å²) in [5.41, 5.74) is 2.72. The van der Waals surface area contributed by atoms with Gasteiger partial charge in [0.25, 0.3) is 5.91 Å². The van der Waals surface area contributed by atoms with Crippen molar-refractivity contribution in [3.05, 3.63) is 89.5 Å². The van der Waals surface area contributed by atoms with E-state index in [1.165, 1.54) is 42.7 Å². The Morgan fingerprint density at radius 2 is 1.58 bits per heavy atom. The molecule has 1 saturated heterocycles. The lowest BCUT2D eigenvalue weighted by Gasteiger charge is -2.35. The predicted octanol–water partition coefficient (Wildman–Crippen LogP) is 6.01. The zero-order valence-corrected chi connectivity index (χ0v) is 21.7. The Morgan fingerprint density at radius 3 is 2.24 bits per heavy atom. The number of likely N-dealkylation sites (N-methyl/N-ethyl adjacent to an activating group) is 1. The van der Waals surface area contributed by atoms with Gasteiger partial charge in [0.15, 0.2) is 0 Å². The molecule has 1 aliphatic heterocycles. The molecule has 4 rings (SSSR count). The highest BCUT2D eigenvalue weighted by atomic mass is 16.6. The largest absolute Gasteiger partial charge is 0.478 e. The average molecular weight is 516 g/mol. The van der Waals surface area contributed by atoms with Crippen LogP contribution in [-0.2, 0) is 5.41 Å². The van der Waals surface area contributed by atoms with Crippen LogP contribution in [0.1, 0.15) is 58.9 Å². The zero-order chi connectivity index (χ0) is 27.1. The van der Waals surface area contributed by atoms with Gasteiger partial charge in [-0.3, -0.25) is 10.1 Å². The molecule has 0 radical (unpaired) electrons. The highest BCUT2D eigenvalue weighted by molar-refractivity contribution is 6.04. The lowest BCUT2D eigenvalue weighted by molar-refractivity contribution is 0.0696. The molecule has 1 fully saturated rings. The van der Waals surface area contributed by atoms with Crippen molar-refractivity contribution >= 4 is 29.3 Å². The summed E-state index contributed by atoms with van der Waals surface area (Å²) < 4.78 is 5.60. The molecule has 1 heterocycles. The summed E-state index contributed by atoms with van der Waals surface area (Å²) in [5.74, 6) is -0.896. The van der Waals surface area contributed by atoms with Crippen molar-refractivity contribution in [2.45, 2.75) is 38.0 Å². The number of hydrogen-bond acceptors (Lipinski definition) is 5. The molecular weight excluding hydrogens is 482 g/mol. The predicted molar refractivity (Wildman–Crippen MR) is 147 cm³/mol. The number of likely N-dealkylation sites (tertiary alicyclic amines) is 1. The molecule has 1 atom stereocenters. The summed E-state index contributed by atoms with van der Waals surface area (Å²) in [6.45, 7) is 4.30. The fraction of sp³-hybridized carbons (Fsp3) is 0.300. The van der Waals surface area contributed by atoms with Gasteiger partial charge in [-0.1, -0.05) is 25.5 Å². The molecule has 8 nitrogen and oxygen atoms in total. The molecule has 0 bridgehead atoms. The van der Waals surface area contributed by atoms with Gasteiger partial charge in [-0.15, -0.1) is 0 Å². The molecule has 0 saturated carbocycles. The van der Waals surface area contributed by atoms with Gasteiger partial charge in [0.05, 0.1) is 5.56 Å². The van der Waals surface area contributed by atoms with Crippen molar-refractivity contribution in [3.63, 3.8) is 0 Å². The summed E-state index contributed by atoms with van der Waals surface area (Å²) in [6.07, 6.45) is 3.88. The number of rotatable bonds is 7. The molecule has 0 spiro atoms. The molecule has 198 valence electrons. The Morgan fingerprint density at radius 1 is 0.921 bits per heavy atom. The van der Waals surface area contributed by atoms with Gasteiger partial charge in [-0.05, 0) is 99.1 Å². The van der Waals surface area contributed by atoms with Crippen molar-refractivity contribution < 1.29 is 24.2 Å². The van der Waals surface area contributed by atoms with E-state index in [-0.39, 0.29) is 16.9 Å². The smallest absolute Gasteiger partial charge is 0.417 e. The van der Waals surface area contributed by atoms with Crippen LogP contribution < -0.4 is 15.4 Å². The van der Waals surface area contributed by atoms with Gasteiger partial charge in [-0.25, -0.2) is 9.59 Å². The summed E-state index contributed by atoms with van der Waals surface area (Å²) in [7, 11) is 2.16. The molecular formula is C30H33N3O5. The van der Waals surface area contributed by atoms with E-state index in [1.807, 2.05) is 12.1 Å². The van der Waals surface area contributed by atoms with Gasteiger partial charge < -0.3 is 20.1 Å². The fourth-order valence-electron chi connectivity index (χ4n) is 4.99. The van der Waals surface area contributed by atoms with Crippen molar-refractivity contribution in [2.24, 2.45) is 0 Å². The van der Waals surface area contributed by atoms with Crippen molar-refractivity contribution in [1.82, 2.24) is 4.90 Å². The number of nitrogens with one attached hydrogen (secondary N) is 2. The number of hydrogen-bond donors (Lipinski definition) is 3. The van der Waals surface area contributed by atoms with E-state index in [1.54, 1.807) is 30.3 Å². The summed E-state index contributed by atoms with van der Waals surface area (Å²) in [6, 6.07) is 20.1. The maximum absolute atomic E-state index is 12.6. The second kappa shape index (κ2) is 11.9. The number of aromatic carboxylic acids is 1. The number of benzene rings is 3. The van der Waals surface area contributed by atoms with Crippen LogP contribution in [0, 0.1) is 0 Å². The SMILES string of the molecule is CCC1(c2cccc(OC(=O)Nc3ccc(C(=O)Nc4ccc(C(=O)O)cc4)cc3)c2)CCCCN(C)C1. The third-order valence-corrected chi connectivity index (χ3v) is 7.13. The Labute approximate surface area is 222 Å². The number of carboxylic acid groups (broad SMARTS) is 1. The number of amides is 2. The van der Waals surface area contributed by atoms with Gasteiger partial charge in [0, 0.05) is 28.9 Å². The van der Waals surface area contributed by atoms with Crippen LogP contribution in [-0.4, -0.2) is 48.1 Å². The fourth-order valence-corrected chi connectivity index (χ4v) is 4.99. The topological polar surface area (TPSA) is 108 Å². The molecule has 0 aromatic heterocycles. The summed E-state index contributed by atoms with van der Waals surface area (Å²) >= 11 is 0. The van der Waals surface area contributed by atoms with Crippen LogP contribution in [0.4, 0.5) is 16.2 Å². The molecule has 1 unspecified atom stereocenters. The van der Waals surface area contributed by atoms with E-state index in [0.29, 0.717) is 22.7 Å². The van der Waals surface area contributed by atoms with Crippen LogP contribution in [0.3, 0.4) is 0 Å². The number of nitrogens with zero attached hydrogens (tertiary/aromatic N) is 1. The minimum Gasteiger partial charge on any atom is -0.478 e. The van der Waals surface area contributed by atoms with Crippen molar-refractivity contribution in [1.29, 1.82) is 0 Å². The van der Waals surface area contributed by atoms with E-state index in [2.05, 4.69) is 35.6 Å². The Hall–Kier alpha value is -4.17. The Balaban J connectivity index is 1.36. The summed E-state index contributed by atoms with van der Waals surface area (Å²) in [4.78, 5) is 38.5.